The van der Waals surface area contributed by atoms with Crippen LogP contribution in [0.15, 0.2) is 78.9 Å². The van der Waals surface area contributed by atoms with E-state index in [0.29, 0.717) is 10.0 Å². The smallest absolute Gasteiger partial charge is 0.139 e. The molecule has 0 unspecified atom stereocenters. The van der Waals surface area contributed by atoms with E-state index in [1.807, 2.05) is 48.5 Å². The maximum Gasteiger partial charge on any atom is 0.139 e. The summed E-state index contributed by atoms with van der Waals surface area (Å²) in [5.41, 5.74) is 4.86. The molecule has 0 saturated heterocycles. The fraction of sp³-hybridized carbons (Fsp3) is 0. The Balaban J connectivity index is 1.89. The summed E-state index contributed by atoms with van der Waals surface area (Å²) in [6.07, 6.45) is 0. The minimum absolute atomic E-state index is 0.651. The molecule has 0 fully saturated rings. The number of imidazole rings is 1. The number of fused-ring (bicyclic) bond motifs is 2. The average Bonchev–Trinajstić information content (AvgIpc) is 3.13. The van der Waals surface area contributed by atoms with Crippen molar-refractivity contribution in [1.29, 1.82) is 0 Å². The Hall–Kier alpha value is -2.81. The van der Waals surface area contributed by atoms with Crippen LogP contribution in [0, 0.1) is 0 Å². The third-order valence-electron chi connectivity index (χ3n) is 4.77. The quantitative estimate of drug-likeness (QED) is 0.336. The number of aromatic nitrogens is 2. The van der Waals surface area contributed by atoms with Crippen LogP contribution in [-0.4, -0.2) is 9.97 Å². The standard InChI is InChI=1S/C23H14Cl2N2/c24-15-10-12-19(25)18(13-15)22-16-6-2-1-5-14(16)9-11-17(22)23-26-20-7-3-4-8-21(20)27-23/h1-13H,(H,26,27). The van der Waals surface area contributed by atoms with E-state index in [1.54, 1.807) is 6.07 Å². The second kappa shape index (κ2) is 6.41. The fourth-order valence-electron chi connectivity index (χ4n) is 3.53. The van der Waals surface area contributed by atoms with Gasteiger partial charge >= 0.3 is 0 Å². The maximum absolute atomic E-state index is 6.58. The van der Waals surface area contributed by atoms with E-state index >= 15 is 0 Å². The first kappa shape index (κ1) is 16.4. The molecular formula is C23H14Cl2N2. The molecule has 1 heterocycles. The first-order valence-corrected chi connectivity index (χ1v) is 9.38. The fourth-order valence-corrected chi connectivity index (χ4v) is 3.91. The molecule has 0 bridgehead atoms. The van der Waals surface area contributed by atoms with Gasteiger partial charge in [-0.2, -0.15) is 0 Å². The number of nitrogens with one attached hydrogen (secondary N) is 1. The zero-order chi connectivity index (χ0) is 18.4. The van der Waals surface area contributed by atoms with Crippen LogP contribution >= 0.6 is 23.2 Å². The number of rotatable bonds is 2. The number of halogens is 2. The number of benzene rings is 4. The number of aromatic amines is 1. The van der Waals surface area contributed by atoms with Gasteiger partial charge in [-0.1, -0.05) is 65.7 Å². The highest BCUT2D eigenvalue weighted by atomic mass is 35.5. The molecule has 0 saturated carbocycles. The van der Waals surface area contributed by atoms with E-state index in [-0.39, 0.29) is 0 Å². The average molecular weight is 389 g/mol. The third kappa shape index (κ3) is 2.78. The van der Waals surface area contributed by atoms with Gasteiger partial charge in [0.25, 0.3) is 0 Å². The molecule has 2 nitrogen and oxygen atoms in total. The van der Waals surface area contributed by atoms with Gasteiger partial charge in [-0.15, -0.1) is 0 Å². The van der Waals surface area contributed by atoms with Gasteiger partial charge in [0.15, 0.2) is 0 Å². The number of hydrogen-bond donors (Lipinski definition) is 1. The number of hydrogen-bond acceptors (Lipinski definition) is 1. The van der Waals surface area contributed by atoms with Crippen molar-refractivity contribution < 1.29 is 0 Å². The van der Waals surface area contributed by atoms with Crippen LogP contribution in [0.5, 0.6) is 0 Å². The molecule has 0 radical (unpaired) electrons. The SMILES string of the molecule is Clc1ccc(Cl)c(-c2c(-c3nc4ccccc4[nH]3)ccc3ccccc23)c1. The number of H-pyrrole nitrogens is 1. The van der Waals surface area contributed by atoms with Gasteiger partial charge in [0.2, 0.25) is 0 Å². The van der Waals surface area contributed by atoms with Crippen LogP contribution in [0.1, 0.15) is 0 Å². The van der Waals surface area contributed by atoms with Crippen LogP contribution < -0.4 is 0 Å². The lowest BCUT2D eigenvalue weighted by Crippen LogP contribution is -1.90. The first-order valence-electron chi connectivity index (χ1n) is 8.63. The Kier molecular flexibility index (Phi) is 3.89. The molecule has 4 aromatic carbocycles. The van der Waals surface area contributed by atoms with Crippen molar-refractivity contribution in [3.05, 3.63) is 88.9 Å². The second-order valence-electron chi connectivity index (χ2n) is 6.44. The largest absolute Gasteiger partial charge is 0.338 e. The van der Waals surface area contributed by atoms with E-state index in [0.717, 1.165) is 44.3 Å². The Morgan fingerprint density at radius 3 is 2.44 bits per heavy atom. The summed E-state index contributed by atoms with van der Waals surface area (Å²) in [7, 11) is 0. The van der Waals surface area contributed by atoms with Gasteiger partial charge in [-0.05, 0) is 47.2 Å². The van der Waals surface area contributed by atoms with Gasteiger partial charge in [-0.25, -0.2) is 4.98 Å². The Labute approximate surface area is 166 Å². The van der Waals surface area contributed by atoms with Gasteiger partial charge < -0.3 is 4.98 Å². The molecular weight excluding hydrogens is 375 g/mol. The molecule has 5 aromatic rings. The summed E-state index contributed by atoms with van der Waals surface area (Å²) < 4.78 is 0. The summed E-state index contributed by atoms with van der Waals surface area (Å²) >= 11 is 12.9. The molecule has 0 aliphatic carbocycles. The topological polar surface area (TPSA) is 28.7 Å². The van der Waals surface area contributed by atoms with Crippen LogP contribution in [0.3, 0.4) is 0 Å². The van der Waals surface area contributed by atoms with Crippen LogP contribution in [0.4, 0.5) is 0 Å². The highest BCUT2D eigenvalue weighted by Gasteiger charge is 2.17. The molecule has 4 heteroatoms. The van der Waals surface area contributed by atoms with E-state index in [4.69, 9.17) is 28.2 Å². The maximum atomic E-state index is 6.58. The summed E-state index contributed by atoms with van der Waals surface area (Å²) in [6.45, 7) is 0. The van der Waals surface area contributed by atoms with E-state index < -0.39 is 0 Å². The van der Waals surface area contributed by atoms with Crippen molar-refractivity contribution in [3.8, 4) is 22.5 Å². The normalized spacial score (nSPS) is 11.3. The third-order valence-corrected chi connectivity index (χ3v) is 5.34. The van der Waals surface area contributed by atoms with Crippen molar-refractivity contribution >= 4 is 45.0 Å². The van der Waals surface area contributed by atoms with Crippen molar-refractivity contribution in [1.82, 2.24) is 9.97 Å². The van der Waals surface area contributed by atoms with Crippen molar-refractivity contribution in [2.24, 2.45) is 0 Å². The molecule has 1 N–H and O–H groups in total. The first-order chi connectivity index (χ1) is 13.2. The van der Waals surface area contributed by atoms with E-state index in [1.165, 1.54) is 0 Å². The molecule has 0 spiro atoms. The molecule has 0 atom stereocenters. The minimum atomic E-state index is 0.651. The van der Waals surface area contributed by atoms with Gasteiger partial charge in [0, 0.05) is 26.7 Å². The predicted octanol–water partition coefficient (Wildman–Crippen LogP) is 7.36. The molecule has 27 heavy (non-hydrogen) atoms. The zero-order valence-electron chi connectivity index (χ0n) is 14.2. The van der Waals surface area contributed by atoms with Gasteiger partial charge in [-0.3, -0.25) is 0 Å². The zero-order valence-corrected chi connectivity index (χ0v) is 15.7. The lowest BCUT2D eigenvalue weighted by atomic mass is 9.93. The highest BCUT2D eigenvalue weighted by molar-refractivity contribution is 6.36. The van der Waals surface area contributed by atoms with Crippen LogP contribution in [0.25, 0.3) is 44.3 Å². The Morgan fingerprint density at radius 1 is 0.741 bits per heavy atom. The monoisotopic (exact) mass is 388 g/mol. The summed E-state index contributed by atoms with van der Waals surface area (Å²) in [4.78, 5) is 8.23. The summed E-state index contributed by atoms with van der Waals surface area (Å²) in [6, 6.07) is 26.0. The van der Waals surface area contributed by atoms with E-state index in [9.17, 15) is 0 Å². The molecule has 5 rings (SSSR count). The van der Waals surface area contributed by atoms with Crippen molar-refractivity contribution in [3.63, 3.8) is 0 Å². The molecule has 1 aromatic heterocycles. The highest BCUT2D eigenvalue weighted by Crippen LogP contribution is 2.41. The number of nitrogens with zero attached hydrogens (tertiary/aromatic N) is 1. The Bertz CT molecular complexity index is 1270. The van der Waals surface area contributed by atoms with Crippen LogP contribution in [-0.2, 0) is 0 Å². The van der Waals surface area contributed by atoms with Gasteiger partial charge in [0.1, 0.15) is 5.82 Å². The lowest BCUT2D eigenvalue weighted by molar-refractivity contribution is 1.34. The molecule has 0 aliphatic rings. The summed E-state index contributed by atoms with van der Waals surface area (Å²) in [5.74, 6) is 0.813. The Morgan fingerprint density at radius 2 is 1.56 bits per heavy atom. The van der Waals surface area contributed by atoms with E-state index in [2.05, 4.69) is 29.2 Å². The lowest BCUT2D eigenvalue weighted by Gasteiger charge is -2.14. The minimum Gasteiger partial charge on any atom is -0.338 e. The predicted molar refractivity (Wildman–Crippen MR) is 114 cm³/mol. The van der Waals surface area contributed by atoms with Gasteiger partial charge in [0.05, 0.1) is 11.0 Å². The van der Waals surface area contributed by atoms with Crippen molar-refractivity contribution in [2.45, 2.75) is 0 Å². The molecule has 130 valence electrons. The van der Waals surface area contributed by atoms with Crippen molar-refractivity contribution in [2.75, 3.05) is 0 Å². The number of para-hydroxylation sites is 2. The second-order valence-corrected chi connectivity index (χ2v) is 7.28. The molecule has 0 aliphatic heterocycles. The van der Waals surface area contributed by atoms with Crippen LogP contribution in [0.2, 0.25) is 10.0 Å². The summed E-state index contributed by atoms with van der Waals surface area (Å²) in [5, 5.41) is 3.56. The molecule has 0 amide bonds.